The average Bonchev–Trinajstić information content (AvgIpc) is 2.70. The number of carbonyl (C=O) groups excluding carboxylic acids is 1. The third-order valence-electron chi connectivity index (χ3n) is 7.20. The van der Waals surface area contributed by atoms with E-state index in [2.05, 4.69) is 19.8 Å². The van der Waals surface area contributed by atoms with E-state index in [0.717, 1.165) is 43.6 Å². The number of piperidine rings is 3. The molecule has 3 saturated heterocycles. The van der Waals surface area contributed by atoms with E-state index >= 15 is 0 Å². The van der Waals surface area contributed by atoms with E-state index in [0.29, 0.717) is 37.0 Å². The Hall–Kier alpha value is -2.54. The highest BCUT2D eigenvalue weighted by Gasteiger charge is 2.49. The maximum Gasteiger partial charge on any atom is 0.251 e. The van der Waals surface area contributed by atoms with E-state index in [4.69, 9.17) is 0 Å². The maximum absolute atomic E-state index is 13.8. The minimum Gasteiger partial charge on any atom is -0.336 e. The first-order chi connectivity index (χ1) is 15.0. The molecule has 0 unspecified atom stereocenters. The lowest BCUT2D eigenvalue weighted by molar-refractivity contribution is -0.152. The van der Waals surface area contributed by atoms with Crippen molar-refractivity contribution in [2.24, 2.45) is 11.8 Å². The number of fused-ring (bicyclic) bond motifs is 4. The first-order valence-corrected chi connectivity index (χ1v) is 11.3. The number of halogens is 1. The van der Waals surface area contributed by atoms with E-state index in [1.807, 2.05) is 6.07 Å². The summed E-state index contributed by atoms with van der Waals surface area (Å²) in [6, 6.07) is 8.70. The molecule has 1 aromatic heterocycles. The van der Waals surface area contributed by atoms with Crippen molar-refractivity contribution in [2.75, 3.05) is 13.1 Å². The molecule has 0 aliphatic carbocycles. The van der Waals surface area contributed by atoms with Crippen molar-refractivity contribution in [2.45, 2.75) is 57.7 Å². The van der Waals surface area contributed by atoms with Crippen LogP contribution >= 0.6 is 0 Å². The second-order valence-electron chi connectivity index (χ2n) is 9.43. The Labute approximate surface area is 181 Å². The normalized spacial score (nSPS) is 28.5. The van der Waals surface area contributed by atoms with Crippen molar-refractivity contribution in [3.63, 3.8) is 0 Å². The van der Waals surface area contributed by atoms with E-state index in [1.165, 1.54) is 6.07 Å². The van der Waals surface area contributed by atoms with Gasteiger partial charge in [0.05, 0.1) is 5.69 Å². The lowest BCUT2D eigenvalue weighted by Gasteiger charge is -2.56. The van der Waals surface area contributed by atoms with Gasteiger partial charge in [-0.25, -0.2) is 9.37 Å². The van der Waals surface area contributed by atoms with Crippen LogP contribution in [0.1, 0.15) is 42.8 Å². The first-order valence-electron chi connectivity index (χ1n) is 11.3. The van der Waals surface area contributed by atoms with Gasteiger partial charge in [-0.2, -0.15) is 0 Å². The van der Waals surface area contributed by atoms with E-state index < -0.39 is 0 Å². The molecule has 3 aliphatic rings. The Morgan fingerprint density at radius 2 is 2.03 bits per heavy atom. The summed E-state index contributed by atoms with van der Waals surface area (Å²) >= 11 is 0. The van der Waals surface area contributed by atoms with Gasteiger partial charge in [-0.1, -0.05) is 12.1 Å². The molecule has 1 amide bonds. The summed E-state index contributed by atoms with van der Waals surface area (Å²) in [7, 11) is 0. The predicted molar refractivity (Wildman–Crippen MR) is 115 cm³/mol. The van der Waals surface area contributed by atoms with Gasteiger partial charge in [0.2, 0.25) is 5.91 Å². The number of aromatic nitrogens is 2. The smallest absolute Gasteiger partial charge is 0.251 e. The van der Waals surface area contributed by atoms with Gasteiger partial charge >= 0.3 is 0 Å². The SMILES string of the molecule is Cc1nc(CN2C[C@H]3C[C@@H](C2)[C@H](Cc2cccc(F)c2)N2C(=O)CCC[C@@H]32)cc(=O)[nH]1. The summed E-state index contributed by atoms with van der Waals surface area (Å²) in [5.41, 5.74) is 1.62. The third kappa shape index (κ3) is 4.15. The largest absolute Gasteiger partial charge is 0.336 e. The van der Waals surface area contributed by atoms with Gasteiger partial charge in [0.1, 0.15) is 11.6 Å². The third-order valence-corrected chi connectivity index (χ3v) is 7.20. The maximum atomic E-state index is 13.8. The molecule has 3 aliphatic heterocycles. The summed E-state index contributed by atoms with van der Waals surface area (Å²) in [5, 5.41) is 0. The van der Waals surface area contributed by atoms with Crippen LogP contribution in [0.3, 0.4) is 0 Å². The van der Waals surface area contributed by atoms with Crippen LogP contribution in [-0.2, 0) is 17.8 Å². The second kappa shape index (κ2) is 8.19. The molecule has 1 aromatic carbocycles. The molecule has 4 heterocycles. The van der Waals surface area contributed by atoms with E-state index in [9.17, 15) is 14.0 Å². The lowest BCUT2D eigenvalue weighted by Crippen LogP contribution is -2.65. The van der Waals surface area contributed by atoms with E-state index in [1.54, 1.807) is 25.1 Å². The van der Waals surface area contributed by atoms with Crippen LogP contribution < -0.4 is 5.56 Å². The number of nitrogens with zero attached hydrogens (tertiary/aromatic N) is 3. The van der Waals surface area contributed by atoms with Crippen molar-refractivity contribution in [1.29, 1.82) is 0 Å². The van der Waals surface area contributed by atoms with Crippen LogP contribution in [0.25, 0.3) is 0 Å². The van der Waals surface area contributed by atoms with Crippen LogP contribution in [0, 0.1) is 24.6 Å². The molecular weight excluding hydrogens is 395 g/mol. The standard InChI is InChI=1S/C24H29FN4O2/c1-15-26-20(11-23(30)27-15)14-28-12-17-10-18(13-28)22(9-16-4-2-5-19(25)8-16)29-21(17)6-3-7-24(29)31/h2,4-5,8,11,17-18,21-22H,3,6-7,9-10,12-14H2,1H3,(H,26,27,30)/t17-,18+,21+,22+/m1/s1. The van der Waals surface area contributed by atoms with Gasteiger partial charge in [0, 0.05) is 44.2 Å². The molecule has 31 heavy (non-hydrogen) atoms. The number of rotatable bonds is 4. The molecule has 2 aromatic rings. The zero-order valence-corrected chi connectivity index (χ0v) is 17.9. The van der Waals surface area contributed by atoms with Gasteiger partial charge in [0.15, 0.2) is 0 Å². The molecule has 1 N–H and O–H groups in total. The number of hydrogen-bond donors (Lipinski definition) is 1. The minimum absolute atomic E-state index is 0.0903. The Bertz CT molecular complexity index is 1040. The second-order valence-corrected chi connectivity index (χ2v) is 9.43. The zero-order valence-electron chi connectivity index (χ0n) is 17.9. The summed E-state index contributed by atoms with van der Waals surface area (Å²) in [6.07, 6.45) is 4.40. The number of benzene rings is 1. The number of aryl methyl sites for hydroxylation is 1. The topological polar surface area (TPSA) is 69.3 Å². The monoisotopic (exact) mass is 424 g/mol. The van der Waals surface area contributed by atoms with Crippen molar-refractivity contribution in [3.8, 4) is 0 Å². The molecule has 0 saturated carbocycles. The summed E-state index contributed by atoms with van der Waals surface area (Å²) in [5.74, 6) is 1.44. The van der Waals surface area contributed by atoms with Gasteiger partial charge in [0.25, 0.3) is 5.56 Å². The number of amides is 1. The van der Waals surface area contributed by atoms with Crippen LogP contribution in [0.4, 0.5) is 4.39 Å². The van der Waals surface area contributed by atoms with Crippen LogP contribution in [-0.4, -0.2) is 50.8 Å². The number of hydrogen-bond acceptors (Lipinski definition) is 4. The molecule has 5 rings (SSSR count). The number of H-pyrrole nitrogens is 1. The number of likely N-dealkylation sites (tertiary alicyclic amines) is 1. The summed E-state index contributed by atoms with van der Waals surface area (Å²) in [6.45, 7) is 4.23. The predicted octanol–water partition coefficient (Wildman–Crippen LogP) is 2.66. The quantitative estimate of drug-likeness (QED) is 0.819. The van der Waals surface area contributed by atoms with Crippen molar-refractivity contribution >= 4 is 5.91 Å². The summed E-state index contributed by atoms with van der Waals surface area (Å²) in [4.78, 5) is 36.6. The van der Waals surface area contributed by atoms with Gasteiger partial charge in [-0.05, 0) is 62.1 Å². The van der Waals surface area contributed by atoms with Crippen LogP contribution in [0.2, 0.25) is 0 Å². The van der Waals surface area contributed by atoms with Crippen LogP contribution in [0.15, 0.2) is 35.1 Å². The number of aromatic amines is 1. The Morgan fingerprint density at radius 3 is 2.84 bits per heavy atom. The highest BCUT2D eigenvalue weighted by atomic mass is 19.1. The van der Waals surface area contributed by atoms with Crippen molar-refractivity contribution < 1.29 is 9.18 Å². The fraction of sp³-hybridized carbons (Fsp3) is 0.542. The van der Waals surface area contributed by atoms with Gasteiger partial charge in [-0.3, -0.25) is 14.5 Å². The molecule has 6 nitrogen and oxygen atoms in total. The van der Waals surface area contributed by atoms with Crippen molar-refractivity contribution in [1.82, 2.24) is 19.8 Å². The van der Waals surface area contributed by atoms with Crippen molar-refractivity contribution in [3.05, 3.63) is 63.6 Å². The molecule has 2 bridgehead atoms. The van der Waals surface area contributed by atoms with E-state index in [-0.39, 0.29) is 29.4 Å². The molecular formula is C24H29FN4O2. The molecule has 4 atom stereocenters. The number of carbonyl (C=O) groups is 1. The van der Waals surface area contributed by atoms with Crippen LogP contribution in [0.5, 0.6) is 0 Å². The zero-order chi connectivity index (χ0) is 21.5. The Balaban J connectivity index is 1.42. The number of nitrogens with one attached hydrogen (secondary N) is 1. The Morgan fingerprint density at radius 1 is 1.19 bits per heavy atom. The molecule has 164 valence electrons. The summed E-state index contributed by atoms with van der Waals surface area (Å²) < 4.78 is 13.8. The molecule has 7 heteroatoms. The van der Waals surface area contributed by atoms with Gasteiger partial charge in [-0.15, -0.1) is 0 Å². The lowest BCUT2D eigenvalue weighted by atomic mass is 9.70. The first kappa shape index (κ1) is 20.4. The highest BCUT2D eigenvalue weighted by Crippen LogP contribution is 2.42. The fourth-order valence-electron chi connectivity index (χ4n) is 6.12. The minimum atomic E-state index is -0.228. The molecule has 0 radical (unpaired) electrons. The fourth-order valence-corrected chi connectivity index (χ4v) is 6.12. The highest BCUT2D eigenvalue weighted by molar-refractivity contribution is 5.78. The Kier molecular flexibility index (Phi) is 5.38. The van der Waals surface area contributed by atoms with Gasteiger partial charge < -0.3 is 9.88 Å². The molecule has 0 spiro atoms. The average molecular weight is 425 g/mol. The molecule has 3 fully saturated rings.